The molecule has 7 nitrogen and oxygen atoms in total. The summed E-state index contributed by atoms with van der Waals surface area (Å²) in [7, 11) is 1.60. The highest BCUT2D eigenvalue weighted by Crippen LogP contribution is 2.29. The van der Waals surface area contributed by atoms with Gasteiger partial charge in [0.2, 0.25) is 5.95 Å². The molecule has 0 fully saturated rings. The van der Waals surface area contributed by atoms with E-state index in [0.29, 0.717) is 11.7 Å². The molecule has 1 aliphatic heterocycles. The first-order valence-corrected chi connectivity index (χ1v) is 9.23. The number of methoxy groups -OCH3 is 1. The Morgan fingerprint density at radius 1 is 1.17 bits per heavy atom. The average molecular weight is 387 g/mol. The van der Waals surface area contributed by atoms with Gasteiger partial charge in [0.05, 0.1) is 7.11 Å². The molecule has 0 saturated carbocycles. The highest BCUT2D eigenvalue weighted by Gasteiger charge is 2.23. The minimum Gasteiger partial charge on any atom is -0.496 e. The van der Waals surface area contributed by atoms with Gasteiger partial charge in [0.15, 0.2) is 0 Å². The van der Waals surface area contributed by atoms with E-state index in [1.54, 1.807) is 17.9 Å². The number of para-hydroxylation sites is 1. The minimum absolute atomic E-state index is 0.0882. The Labute approximate surface area is 168 Å². The molecule has 4 rings (SSSR count). The summed E-state index contributed by atoms with van der Waals surface area (Å²) >= 11 is 0. The van der Waals surface area contributed by atoms with Crippen molar-refractivity contribution in [1.82, 2.24) is 14.8 Å². The summed E-state index contributed by atoms with van der Waals surface area (Å²) in [6.07, 6.45) is 5.20. The topological polar surface area (TPSA) is 81.1 Å². The number of ether oxygens (including phenoxy) is 1. The number of anilines is 2. The van der Waals surface area contributed by atoms with E-state index in [-0.39, 0.29) is 17.9 Å². The number of amides is 1. The molecule has 29 heavy (non-hydrogen) atoms. The molecule has 0 aliphatic carbocycles. The van der Waals surface area contributed by atoms with Crippen molar-refractivity contribution in [3.05, 3.63) is 83.6 Å². The number of allylic oxidation sites excluding steroid dienone is 2. The van der Waals surface area contributed by atoms with E-state index in [1.807, 2.05) is 61.5 Å². The van der Waals surface area contributed by atoms with Crippen molar-refractivity contribution in [2.45, 2.75) is 13.0 Å². The number of hydrogen-bond donors (Lipinski definition) is 2. The molecule has 1 atom stereocenters. The molecule has 2 N–H and O–H groups in total. The van der Waals surface area contributed by atoms with Gasteiger partial charge in [-0.3, -0.25) is 10.1 Å². The van der Waals surface area contributed by atoms with Gasteiger partial charge < -0.3 is 10.1 Å². The van der Waals surface area contributed by atoms with E-state index < -0.39 is 0 Å². The van der Waals surface area contributed by atoms with Crippen molar-refractivity contribution < 1.29 is 9.53 Å². The fourth-order valence-corrected chi connectivity index (χ4v) is 3.19. The average Bonchev–Trinajstić information content (AvgIpc) is 3.14. The lowest BCUT2D eigenvalue weighted by molar-refractivity contribution is -0.111. The van der Waals surface area contributed by atoms with Gasteiger partial charge in [-0.15, -0.1) is 5.10 Å². The maximum Gasteiger partial charge on any atom is 0.250 e. The Kier molecular flexibility index (Phi) is 5.11. The lowest BCUT2D eigenvalue weighted by atomic mass is 10.1. The van der Waals surface area contributed by atoms with E-state index >= 15 is 0 Å². The van der Waals surface area contributed by atoms with Crippen LogP contribution in [0.5, 0.6) is 5.75 Å². The van der Waals surface area contributed by atoms with E-state index in [4.69, 9.17) is 4.74 Å². The van der Waals surface area contributed by atoms with Gasteiger partial charge in [0, 0.05) is 17.3 Å². The van der Waals surface area contributed by atoms with Crippen molar-refractivity contribution in [2.75, 3.05) is 17.7 Å². The second-order valence-electron chi connectivity index (χ2n) is 6.60. The van der Waals surface area contributed by atoms with Crippen LogP contribution in [-0.2, 0) is 4.79 Å². The number of carbonyl (C=O) groups excluding carboxylic acids is 1. The number of hydrogen-bond acceptors (Lipinski definition) is 5. The van der Waals surface area contributed by atoms with Crippen LogP contribution in [0, 0.1) is 0 Å². The van der Waals surface area contributed by atoms with Gasteiger partial charge in [-0.05, 0) is 30.7 Å². The predicted molar refractivity (Wildman–Crippen MR) is 113 cm³/mol. The Hall–Kier alpha value is -3.87. The number of fused-ring (bicyclic) bond motifs is 1. The number of benzene rings is 2. The largest absolute Gasteiger partial charge is 0.496 e. The highest BCUT2D eigenvalue weighted by molar-refractivity contribution is 6.01. The molecule has 2 aromatic carbocycles. The van der Waals surface area contributed by atoms with Crippen molar-refractivity contribution in [3.63, 3.8) is 0 Å². The minimum atomic E-state index is -0.320. The third-order valence-corrected chi connectivity index (χ3v) is 4.54. The Bertz CT molecular complexity index is 1090. The van der Waals surface area contributed by atoms with E-state index in [1.165, 1.54) is 6.08 Å². The summed E-state index contributed by atoms with van der Waals surface area (Å²) < 4.78 is 7.06. The second-order valence-corrected chi connectivity index (χ2v) is 6.60. The van der Waals surface area contributed by atoms with Crippen LogP contribution in [0.15, 0.2) is 72.4 Å². The third kappa shape index (κ3) is 4.03. The molecule has 1 aliphatic rings. The second kappa shape index (κ2) is 8.02. The molecule has 0 spiro atoms. The smallest absolute Gasteiger partial charge is 0.250 e. The summed E-state index contributed by atoms with van der Waals surface area (Å²) in [6, 6.07) is 17.4. The zero-order valence-electron chi connectivity index (χ0n) is 16.2. The number of aromatic nitrogens is 3. The van der Waals surface area contributed by atoms with Crippen LogP contribution >= 0.6 is 0 Å². The van der Waals surface area contributed by atoms with Gasteiger partial charge in [-0.2, -0.15) is 4.98 Å². The summed E-state index contributed by atoms with van der Waals surface area (Å²) in [6.45, 7) is 1.97. The summed E-state index contributed by atoms with van der Waals surface area (Å²) in [5.74, 6) is 1.21. The van der Waals surface area contributed by atoms with Crippen molar-refractivity contribution in [3.8, 4) is 5.75 Å². The number of nitrogens with one attached hydrogen (secondary N) is 2. The highest BCUT2D eigenvalue weighted by atomic mass is 16.5. The van der Waals surface area contributed by atoms with Gasteiger partial charge in [-0.1, -0.05) is 48.5 Å². The third-order valence-electron chi connectivity index (χ3n) is 4.54. The van der Waals surface area contributed by atoms with Gasteiger partial charge >= 0.3 is 0 Å². The zero-order valence-corrected chi connectivity index (χ0v) is 16.2. The van der Waals surface area contributed by atoms with Crippen molar-refractivity contribution >= 4 is 23.9 Å². The molecule has 1 amide bonds. The summed E-state index contributed by atoms with van der Waals surface area (Å²) in [5.41, 5.74) is 2.88. The fourth-order valence-electron chi connectivity index (χ4n) is 3.19. The molecule has 146 valence electrons. The molecule has 7 heteroatoms. The standard InChI is InChI=1S/C22H21N5O2/c1-15-14-18(16-8-4-3-5-9-16)27-22(23-15)25-21(26-27)24-20(28)13-12-17-10-6-7-11-19(17)29-2/h3-14,18H,1-2H3,(H2,23,24,25,26,28)/b13-12+. The normalized spacial score (nSPS) is 15.4. The van der Waals surface area contributed by atoms with Crippen LogP contribution < -0.4 is 15.4 Å². The van der Waals surface area contributed by atoms with Crippen LogP contribution in [0.1, 0.15) is 24.1 Å². The molecule has 0 bridgehead atoms. The van der Waals surface area contributed by atoms with Crippen LogP contribution in [0.25, 0.3) is 6.08 Å². The van der Waals surface area contributed by atoms with E-state index in [0.717, 1.165) is 16.8 Å². The molecule has 0 saturated heterocycles. The summed E-state index contributed by atoms with van der Waals surface area (Å²) in [4.78, 5) is 16.8. The van der Waals surface area contributed by atoms with Crippen LogP contribution in [-0.4, -0.2) is 27.8 Å². The molecule has 2 heterocycles. The van der Waals surface area contributed by atoms with Gasteiger partial charge in [0.1, 0.15) is 11.8 Å². The van der Waals surface area contributed by atoms with E-state index in [9.17, 15) is 4.79 Å². The first-order valence-electron chi connectivity index (χ1n) is 9.23. The monoisotopic (exact) mass is 387 g/mol. The lowest BCUT2D eigenvalue weighted by Gasteiger charge is -2.22. The molecular formula is C22H21N5O2. The van der Waals surface area contributed by atoms with Crippen LogP contribution in [0.3, 0.4) is 0 Å². The Balaban J connectivity index is 1.53. The Morgan fingerprint density at radius 3 is 2.72 bits per heavy atom. The van der Waals surface area contributed by atoms with E-state index in [2.05, 4.69) is 26.8 Å². The van der Waals surface area contributed by atoms with Gasteiger partial charge in [0.25, 0.3) is 11.9 Å². The lowest BCUT2D eigenvalue weighted by Crippen LogP contribution is -2.19. The van der Waals surface area contributed by atoms with Crippen molar-refractivity contribution in [2.24, 2.45) is 0 Å². The zero-order chi connectivity index (χ0) is 20.2. The fraction of sp³-hybridized carbons (Fsp3) is 0.136. The molecule has 1 unspecified atom stereocenters. The molecule has 0 radical (unpaired) electrons. The SMILES string of the molecule is COc1ccccc1/C=C/C(=O)Nc1nc2n(n1)C(c1ccccc1)C=C(C)N2. The van der Waals surface area contributed by atoms with Crippen molar-refractivity contribution in [1.29, 1.82) is 0 Å². The predicted octanol–water partition coefficient (Wildman–Crippen LogP) is 3.86. The first kappa shape index (κ1) is 18.5. The molecular weight excluding hydrogens is 366 g/mol. The number of carbonyl (C=O) groups is 1. The summed E-state index contributed by atoms with van der Waals surface area (Å²) in [5, 5.41) is 10.4. The van der Waals surface area contributed by atoms with Crippen LogP contribution in [0.2, 0.25) is 0 Å². The molecule has 1 aromatic heterocycles. The number of nitrogens with zero attached hydrogens (tertiary/aromatic N) is 3. The first-order chi connectivity index (χ1) is 14.1. The van der Waals surface area contributed by atoms with Gasteiger partial charge in [-0.25, -0.2) is 4.68 Å². The van der Waals surface area contributed by atoms with Crippen LogP contribution in [0.4, 0.5) is 11.9 Å². The molecule has 3 aromatic rings. The maximum atomic E-state index is 12.4. The number of rotatable bonds is 5. The maximum absolute atomic E-state index is 12.4. The Morgan fingerprint density at radius 2 is 1.93 bits per heavy atom. The quantitative estimate of drug-likeness (QED) is 0.650.